The fourth-order valence-electron chi connectivity index (χ4n) is 3.18. The Morgan fingerprint density at radius 2 is 2.05 bits per heavy atom. The molecule has 2 aromatic heterocycles. The molecule has 3 aromatic rings. The Bertz CT molecular complexity index is 880. The Balaban J connectivity index is 0.00000144. The Hall–Kier alpha value is -1.86. The third-order valence-corrected chi connectivity index (χ3v) is 4.20. The number of phenolic OH excluding ortho intramolecular Hbond substituents is 1. The van der Waals surface area contributed by atoms with Gasteiger partial charge in [-0.2, -0.15) is 5.10 Å². The van der Waals surface area contributed by atoms with Crippen LogP contribution in [0.15, 0.2) is 29.1 Å². The van der Waals surface area contributed by atoms with Gasteiger partial charge < -0.3 is 15.4 Å². The summed E-state index contributed by atoms with van der Waals surface area (Å²) in [6.07, 6.45) is 1.97. The fraction of sp³-hybridized carbons (Fsp3) is 0.333. The molecule has 1 aliphatic rings. The van der Waals surface area contributed by atoms with Gasteiger partial charge in [-0.25, -0.2) is 4.52 Å². The van der Waals surface area contributed by atoms with Crippen LogP contribution in [0.4, 0.5) is 0 Å². The quantitative estimate of drug-likeness (QED) is 0.616. The summed E-state index contributed by atoms with van der Waals surface area (Å²) in [5, 5.41) is 18.6. The van der Waals surface area contributed by atoms with E-state index in [2.05, 4.69) is 15.4 Å². The highest BCUT2D eigenvalue weighted by molar-refractivity contribution is 8.93. The third-order valence-electron chi connectivity index (χ3n) is 4.20. The van der Waals surface area contributed by atoms with Gasteiger partial charge in [0.1, 0.15) is 11.4 Å². The number of benzene rings is 1. The maximum atomic E-state index is 12.0. The molecule has 0 radical (unpaired) electrons. The molecule has 1 aromatic carbocycles. The van der Waals surface area contributed by atoms with Gasteiger partial charge in [0.15, 0.2) is 0 Å². The topological polar surface area (TPSA) is 82.4 Å². The second-order valence-corrected chi connectivity index (χ2v) is 5.51. The summed E-state index contributed by atoms with van der Waals surface area (Å²) in [5.74, 6) is 0.452. The molecule has 4 rings (SSSR count). The number of hydrogen-bond donors (Lipinski definition) is 3. The molecular formula is C15H17BrN4O2. The van der Waals surface area contributed by atoms with Crippen molar-refractivity contribution in [3.63, 3.8) is 0 Å². The first-order valence-corrected chi connectivity index (χ1v) is 7.18. The van der Waals surface area contributed by atoms with Crippen LogP contribution in [0, 0.1) is 0 Å². The zero-order chi connectivity index (χ0) is 14.4. The maximum absolute atomic E-state index is 12.0. The van der Waals surface area contributed by atoms with Crippen LogP contribution >= 0.6 is 17.0 Å². The molecule has 1 saturated heterocycles. The van der Waals surface area contributed by atoms with Crippen LogP contribution < -0.4 is 10.9 Å². The van der Waals surface area contributed by atoms with Gasteiger partial charge in [0.05, 0.1) is 16.6 Å². The molecule has 22 heavy (non-hydrogen) atoms. The highest BCUT2D eigenvalue weighted by atomic mass is 79.9. The van der Waals surface area contributed by atoms with Gasteiger partial charge in [0, 0.05) is 12.0 Å². The molecule has 0 amide bonds. The molecule has 0 aliphatic carbocycles. The summed E-state index contributed by atoms with van der Waals surface area (Å²) < 4.78 is 1.78. The number of nitrogens with one attached hydrogen (secondary N) is 2. The van der Waals surface area contributed by atoms with Crippen LogP contribution in [-0.2, 0) is 0 Å². The Kier molecular flexibility index (Phi) is 3.92. The molecular weight excluding hydrogens is 348 g/mol. The lowest BCUT2D eigenvalue weighted by atomic mass is 9.94. The molecule has 1 aliphatic heterocycles. The number of aromatic nitrogens is 3. The van der Waals surface area contributed by atoms with E-state index >= 15 is 0 Å². The highest BCUT2D eigenvalue weighted by Crippen LogP contribution is 2.30. The van der Waals surface area contributed by atoms with Crippen LogP contribution in [0.5, 0.6) is 5.75 Å². The number of aromatic amines is 1. The van der Waals surface area contributed by atoms with E-state index in [1.165, 1.54) is 0 Å². The smallest absolute Gasteiger partial charge is 0.251 e. The fourth-order valence-corrected chi connectivity index (χ4v) is 3.18. The van der Waals surface area contributed by atoms with Gasteiger partial charge in [0.2, 0.25) is 0 Å². The van der Waals surface area contributed by atoms with Crippen LogP contribution in [0.1, 0.15) is 24.5 Å². The standard InChI is InChI=1S/C15H16N4O2.BrH/c20-12-3-1-2-10-14(12)15-17-13(21)8-11(19(15)18-10)9-4-6-16-7-5-9;/h1-3,8-9,16,20H,4-7H2,(H,17,21);1H. The zero-order valence-electron chi connectivity index (χ0n) is 11.9. The predicted molar refractivity (Wildman–Crippen MR) is 90.2 cm³/mol. The monoisotopic (exact) mass is 364 g/mol. The minimum atomic E-state index is -0.152. The second-order valence-electron chi connectivity index (χ2n) is 5.51. The van der Waals surface area contributed by atoms with Gasteiger partial charge in [-0.3, -0.25) is 4.79 Å². The summed E-state index contributed by atoms with van der Waals surface area (Å²) >= 11 is 0. The molecule has 0 atom stereocenters. The lowest BCUT2D eigenvalue weighted by Crippen LogP contribution is -2.28. The van der Waals surface area contributed by atoms with Gasteiger partial charge >= 0.3 is 0 Å². The molecule has 3 N–H and O–H groups in total. The molecule has 3 heterocycles. The average molecular weight is 365 g/mol. The Morgan fingerprint density at radius 3 is 2.82 bits per heavy atom. The number of aromatic hydroxyl groups is 1. The van der Waals surface area contributed by atoms with Crippen LogP contribution in [0.2, 0.25) is 0 Å². The molecule has 1 fully saturated rings. The molecule has 7 heteroatoms. The van der Waals surface area contributed by atoms with Crippen LogP contribution in [0.25, 0.3) is 16.6 Å². The van der Waals surface area contributed by atoms with E-state index in [-0.39, 0.29) is 28.3 Å². The van der Waals surface area contributed by atoms with Gasteiger partial charge in [-0.1, -0.05) is 6.07 Å². The summed E-state index contributed by atoms with van der Waals surface area (Å²) in [5.41, 5.74) is 2.03. The van der Waals surface area contributed by atoms with E-state index in [9.17, 15) is 9.90 Å². The van der Waals surface area contributed by atoms with Crippen molar-refractivity contribution >= 4 is 33.5 Å². The summed E-state index contributed by atoms with van der Waals surface area (Å²) in [4.78, 5) is 14.8. The zero-order valence-corrected chi connectivity index (χ0v) is 13.6. The number of piperidine rings is 1. The van der Waals surface area contributed by atoms with Crippen LogP contribution in [0.3, 0.4) is 0 Å². The Morgan fingerprint density at radius 1 is 1.27 bits per heavy atom. The van der Waals surface area contributed by atoms with Crippen molar-refractivity contribution < 1.29 is 5.11 Å². The molecule has 0 spiro atoms. The van der Waals surface area contributed by atoms with E-state index in [1.807, 2.05) is 6.07 Å². The minimum absolute atomic E-state index is 0. The number of fused-ring (bicyclic) bond motifs is 3. The largest absolute Gasteiger partial charge is 0.507 e. The van der Waals surface area contributed by atoms with Crippen LogP contribution in [-0.4, -0.2) is 32.8 Å². The lowest BCUT2D eigenvalue weighted by molar-refractivity contribution is 0.446. The number of rotatable bonds is 1. The SMILES string of the molecule is Br.O=c1cc(C2CCNCC2)n2nc3cccc(O)c3c2[nH]1. The van der Waals surface area contributed by atoms with Crippen molar-refractivity contribution in [2.75, 3.05) is 13.1 Å². The van der Waals surface area contributed by atoms with Gasteiger partial charge in [-0.05, 0) is 38.1 Å². The lowest BCUT2D eigenvalue weighted by Gasteiger charge is -2.23. The van der Waals surface area contributed by atoms with Crippen molar-refractivity contribution in [3.05, 3.63) is 40.3 Å². The summed E-state index contributed by atoms with van der Waals surface area (Å²) in [6.45, 7) is 1.90. The van der Waals surface area contributed by atoms with E-state index in [0.717, 1.165) is 31.6 Å². The van der Waals surface area contributed by atoms with E-state index in [0.29, 0.717) is 22.5 Å². The van der Waals surface area contributed by atoms with E-state index < -0.39 is 0 Å². The molecule has 0 bridgehead atoms. The van der Waals surface area contributed by atoms with Crippen molar-refractivity contribution in [1.29, 1.82) is 0 Å². The van der Waals surface area contributed by atoms with E-state index in [4.69, 9.17) is 0 Å². The second kappa shape index (κ2) is 5.73. The van der Waals surface area contributed by atoms with Crippen molar-refractivity contribution in [2.24, 2.45) is 0 Å². The number of phenols is 1. The van der Waals surface area contributed by atoms with Gasteiger partial charge in [0.25, 0.3) is 5.56 Å². The summed E-state index contributed by atoms with van der Waals surface area (Å²) in [6, 6.07) is 6.84. The minimum Gasteiger partial charge on any atom is -0.507 e. The number of halogens is 1. The molecule has 0 saturated carbocycles. The van der Waals surface area contributed by atoms with Crippen molar-refractivity contribution in [1.82, 2.24) is 19.9 Å². The number of nitrogens with zero attached hydrogens (tertiary/aromatic N) is 2. The first-order chi connectivity index (χ1) is 10.2. The first kappa shape index (κ1) is 15.1. The predicted octanol–water partition coefficient (Wildman–Crippen LogP) is 1.93. The van der Waals surface area contributed by atoms with E-state index in [1.54, 1.807) is 22.7 Å². The Labute approximate surface area is 136 Å². The van der Waals surface area contributed by atoms with Crippen molar-refractivity contribution in [3.8, 4) is 5.75 Å². The third kappa shape index (κ3) is 2.30. The molecule has 116 valence electrons. The normalized spacial score (nSPS) is 16.0. The first-order valence-electron chi connectivity index (χ1n) is 7.18. The number of H-pyrrole nitrogens is 1. The highest BCUT2D eigenvalue weighted by Gasteiger charge is 2.21. The molecule has 0 unspecified atom stereocenters. The number of hydrogen-bond acceptors (Lipinski definition) is 4. The summed E-state index contributed by atoms with van der Waals surface area (Å²) in [7, 11) is 0. The molecule has 6 nitrogen and oxygen atoms in total. The maximum Gasteiger partial charge on any atom is 0.251 e. The van der Waals surface area contributed by atoms with Gasteiger partial charge in [-0.15, -0.1) is 17.0 Å². The average Bonchev–Trinajstić information content (AvgIpc) is 2.87. The van der Waals surface area contributed by atoms with Crippen molar-refractivity contribution in [2.45, 2.75) is 18.8 Å².